The molecule has 2 amide bonds. The first kappa shape index (κ1) is 15.8. The minimum atomic E-state index is -0.757. The number of hydrogen-bond donors (Lipinski definition) is 1. The Labute approximate surface area is 128 Å². The second kappa shape index (κ2) is 6.43. The molecule has 114 valence electrons. The van der Waals surface area contributed by atoms with E-state index >= 15 is 0 Å². The van der Waals surface area contributed by atoms with E-state index < -0.39 is 11.9 Å². The van der Waals surface area contributed by atoms with E-state index in [9.17, 15) is 14.0 Å². The van der Waals surface area contributed by atoms with Gasteiger partial charge in [-0.25, -0.2) is 4.39 Å². The zero-order chi connectivity index (χ0) is 15.6. The summed E-state index contributed by atoms with van der Waals surface area (Å²) in [4.78, 5) is 25.7. The summed E-state index contributed by atoms with van der Waals surface area (Å²) in [5, 5.41) is 2.96. The van der Waals surface area contributed by atoms with Crippen molar-refractivity contribution in [3.8, 4) is 0 Å². The molecule has 0 aromatic heterocycles. The van der Waals surface area contributed by atoms with Crippen molar-refractivity contribution in [3.05, 3.63) is 29.0 Å². The third kappa shape index (κ3) is 3.02. The predicted molar refractivity (Wildman–Crippen MR) is 79.7 cm³/mol. The van der Waals surface area contributed by atoms with E-state index in [2.05, 4.69) is 5.32 Å². The molecule has 0 aliphatic carbocycles. The van der Waals surface area contributed by atoms with E-state index in [1.54, 1.807) is 0 Å². The number of imide groups is 1. The third-order valence-electron chi connectivity index (χ3n) is 3.77. The van der Waals surface area contributed by atoms with Crippen LogP contribution in [-0.4, -0.2) is 28.8 Å². The van der Waals surface area contributed by atoms with Gasteiger partial charge in [0.05, 0.1) is 17.1 Å². The van der Waals surface area contributed by atoms with Gasteiger partial charge in [-0.2, -0.15) is 0 Å². The minimum absolute atomic E-state index is 0.0278. The molecule has 1 fully saturated rings. The Morgan fingerprint density at radius 3 is 2.62 bits per heavy atom. The first-order valence-electron chi connectivity index (χ1n) is 7.06. The summed E-state index contributed by atoms with van der Waals surface area (Å²) in [6, 6.07) is 3.42. The number of amides is 2. The van der Waals surface area contributed by atoms with Gasteiger partial charge in [0, 0.05) is 6.04 Å². The van der Waals surface area contributed by atoms with Crippen LogP contribution < -0.4 is 5.32 Å². The van der Waals surface area contributed by atoms with E-state index in [1.165, 1.54) is 23.1 Å². The monoisotopic (exact) mass is 312 g/mol. The Balaban J connectivity index is 2.20. The van der Waals surface area contributed by atoms with Gasteiger partial charge in [0.25, 0.3) is 5.91 Å². The second-order valence-electron chi connectivity index (χ2n) is 5.07. The van der Waals surface area contributed by atoms with Crippen LogP contribution in [0.1, 0.15) is 33.1 Å². The lowest BCUT2D eigenvalue weighted by molar-refractivity contribution is -0.141. The largest absolute Gasteiger partial charge is 0.370 e. The van der Waals surface area contributed by atoms with Gasteiger partial charge >= 0.3 is 0 Å². The molecule has 21 heavy (non-hydrogen) atoms. The Morgan fingerprint density at radius 2 is 2.05 bits per heavy atom. The lowest BCUT2D eigenvalue weighted by atomic mass is 10.1. The number of rotatable bonds is 5. The molecule has 4 nitrogen and oxygen atoms in total. The Morgan fingerprint density at radius 1 is 1.38 bits per heavy atom. The molecule has 1 unspecified atom stereocenters. The van der Waals surface area contributed by atoms with E-state index in [1.807, 2.05) is 13.8 Å². The zero-order valence-electron chi connectivity index (χ0n) is 12.0. The second-order valence-corrected chi connectivity index (χ2v) is 5.48. The van der Waals surface area contributed by atoms with Gasteiger partial charge in [0.2, 0.25) is 5.91 Å². The SMILES string of the molecule is CCC(CC)N1C(=O)CC(Nc2c(F)cccc2Cl)C1=O. The minimum Gasteiger partial charge on any atom is -0.370 e. The fourth-order valence-electron chi connectivity index (χ4n) is 2.61. The molecule has 0 spiro atoms. The van der Waals surface area contributed by atoms with Crippen LogP contribution in [0.25, 0.3) is 0 Å². The molecule has 1 aromatic rings. The molecule has 0 bridgehead atoms. The lowest BCUT2D eigenvalue weighted by Gasteiger charge is -2.24. The van der Waals surface area contributed by atoms with Gasteiger partial charge < -0.3 is 5.32 Å². The maximum absolute atomic E-state index is 13.8. The molecule has 1 saturated heterocycles. The van der Waals surface area contributed by atoms with Crippen molar-refractivity contribution in [2.24, 2.45) is 0 Å². The average molecular weight is 313 g/mol. The van der Waals surface area contributed by atoms with Gasteiger partial charge in [-0.15, -0.1) is 0 Å². The molecule has 1 N–H and O–H groups in total. The molecule has 1 aromatic carbocycles. The standard InChI is InChI=1S/C15H18ClFN2O2/c1-3-9(4-2)19-13(20)8-12(15(19)21)18-14-10(16)6-5-7-11(14)17/h5-7,9,12,18H,3-4,8H2,1-2H3. The van der Waals surface area contributed by atoms with E-state index in [-0.39, 0.29) is 35.0 Å². The summed E-state index contributed by atoms with van der Waals surface area (Å²) in [5.74, 6) is -1.07. The maximum atomic E-state index is 13.8. The predicted octanol–water partition coefficient (Wildman–Crippen LogP) is 3.21. The molecule has 1 aliphatic heterocycles. The quantitative estimate of drug-likeness (QED) is 0.849. The van der Waals surface area contributed by atoms with Crippen LogP contribution in [0.3, 0.4) is 0 Å². The highest BCUT2D eigenvalue weighted by molar-refractivity contribution is 6.33. The van der Waals surface area contributed by atoms with Crippen molar-refractivity contribution in [3.63, 3.8) is 0 Å². The summed E-state index contributed by atoms with van der Waals surface area (Å²) in [5.41, 5.74) is 0.0664. The number of anilines is 1. The summed E-state index contributed by atoms with van der Waals surface area (Å²) in [6.45, 7) is 3.87. The molecule has 1 heterocycles. The Kier molecular flexibility index (Phi) is 4.83. The van der Waals surface area contributed by atoms with Gasteiger partial charge in [0.1, 0.15) is 11.9 Å². The van der Waals surface area contributed by atoms with Crippen LogP contribution in [0.5, 0.6) is 0 Å². The van der Waals surface area contributed by atoms with Crippen LogP contribution in [0, 0.1) is 5.82 Å². The summed E-state index contributed by atoms with van der Waals surface area (Å²) in [7, 11) is 0. The number of carbonyl (C=O) groups is 2. The summed E-state index contributed by atoms with van der Waals surface area (Å²) >= 11 is 5.93. The fraction of sp³-hybridized carbons (Fsp3) is 0.467. The topological polar surface area (TPSA) is 49.4 Å². The van der Waals surface area contributed by atoms with Gasteiger partial charge in [-0.05, 0) is 25.0 Å². The molecule has 1 atom stereocenters. The average Bonchev–Trinajstić information content (AvgIpc) is 2.72. The van der Waals surface area contributed by atoms with Crippen LogP contribution in [0.2, 0.25) is 5.02 Å². The smallest absolute Gasteiger partial charge is 0.252 e. The van der Waals surface area contributed by atoms with Crippen molar-refractivity contribution in [1.29, 1.82) is 0 Å². The van der Waals surface area contributed by atoms with Gasteiger partial charge in [-0.1, -0.05) is 31.5 Å². The number of hydrogen-bond acceptors (Lipinski definition) is 3. The molecule has 0 saturated carbocycles. The van der Waals surface area contributed by atoms with Crippen molar-refractivity contribution >= 4 is 29.1 Å². The van der Waals surface area contributed by atoms with E-state index in [0.29, 0.717) is 12.8 Å². The van der Waals surface area contributed by atoms with Crippen LogP contribution in [0.15, 0.2) is 18.2 Å². The van der Waals surface area contributed by atoms with Crippen molar-refractivity contribution in [2.75, 3.05) is 5.32 Å². The molecular formula is C15H18ClFN2O2. The Hall–Kier alpha value is -1.62. The number of benzene rings is 1. The third-order valence-corrected chi connectivity index (χ3v) is 4.09. The van der Waals surface area contributed by atoms with Crippen LogP contribution in [0.4, 0.5) is 10.1 Å². The van der Waals surface area contributed by atoms with Gasteiger partial charge in [0.15, 0.2) is 0 Å². The number of para-hydroxylation sites is 1. The summed E-state index contributed by atoms with van der Waals surface area (Å²) in [6.07, 6.45) is 1.45. The first-order chi connectivity index (χ1) is 9.99. The highest BCUT2D eigenvalue weighted by Gasteiger charge is 2.41. The summed E-state index contributed by atoms with van der Waals surface area (Å²) < 4.78 is 13.8. The van der Waals surface area contributed by atoms with Crippen molar-refractivity contribution in [1.82, 2.24) is 4.90 Å². The number of carbonyl (C=O) groups excluding carboxylic acids is 2. The first-order valence-corrected chi connectivity index (χ1v) is 7.43. The van der Waals surface area contributed by atoms with E-state index in [4.69, 9.17) is 11.6 Å². The highest BCUT2D eigenvalue weighted by Crippen LogP contribution is 2.28. The number of likely N-dealkylation sites (tertiary alicyclic amines) is 1. The fourth-order valence-corrected chi connectivity index (χ4v) is 2.83. The van der Waals surface area contributed by atoms with Crippen LogP contribution in [-0.2, 0) is 9.59 Å². The van der Waals surface area contributed by atoms with Crippen LogP contribution >= 0.6 is 11.6 Å². The van der Waals surface area contributed by atoms with Crippen molar-refractivity contribution < 1.29 is 14.0 Å². The zero-order valence-corrected chi connectivity index (χ0v) is 12.8. The number of nitrogens with one attached hydrogen (secondary N) is 1. The lowest BCUT2D eigenvalue weighted by Crippen LogP contribution is -2.41. The van der Waals surface area contributed by atoms with E-state index in [0.717, 1.165) is 0 Å². The maximum Gasteiger partial charge on any atom is 0.252 e. The molecule has 0 radical (unpaired) electrons. The molecule has 6 heteroatoms. The Bertz CT molecular complexity index is 540. The number of nitrogens with zero attached hydrogens (tertiary/aromatic N) is 1. The van der Waals surface area contributed by atoms with Crippen molar-refractivity contribution in [2.45, 2.75) is 45.2 Å². The number of halogens is 2. The molecule has 2 rings (SSSR count). The van der Waals surface area contributed by atoms with Gasteiger partial charge in [-0.3, -0.25) is 14.5 Å². The highest BCUT2D eigenvalue weighted by atomic mass is 35.5. The molecular weight excluding hydrogens is 295 g/mol. The molecule has 1 aliphatic rings. The normalized spacial score (nSPS) is 18.7.